The number of likely N-dealkylation sites (tertiary alicyclic amines) is 1. The second-order valence-corrected chi connectivity index (χ2v) is 6.40. The molecule has 1 saturated heterocycles. The van der Waals surface area contributed by atoms with Crippen molar-refractivity contribution in [2.45, 2.75) is 32.7 Å². The summed E-state index contributed by atoms with van der Waals surface area (Å²) in [5.41, 5.74) is 5.70. The van der Waals surface area contributed by atoms with Crippen LogP contribution in [0.5, 0.6) is 0 Å². The molecule has 4 heteroatoms. The van der Waals surface area contributed by atoms with Crippen LogP contribution in [0.15, 0.2) is 12.1 Å². The van der Waals surface area contributed by atoms with E-state index in [0.29, 0.717) is 10.9 Å². The van der Waals surface area contributed by atoms with Gasteiger partial charge in [0.1, 0.15) is 0 Å². The van der Waals surface area contributed by atoms with Crippen LogP contribution in [0, 0.1) is 5.92 Å². The molecule has 0 aliphatic carbocycles. The Labute approximate surface area is 113 Å². The Morgan fingerprint density at radius 3 is 2.59 bits per heavy atom. The quantitative estimate of drug-likeness (QED) is 0.852. The highest BCUT2D eigenvalue weighted by Crippen LogP contribution is 2.23. The second kappa shape index (κ2) is 5.94. The first-order chi connectivity index (χ1) is 8.19. The summed E-state index contributed by atoms with van der Waals surface area (Å²) in [4.78, 5) is 6.18. The molecule has 1 aromatic heterocycles. The topological polar surface area (TPSA) is 29.3 Å². The van der Waals surface area contributed by atoms with Crippen molar-refractivity contribution >= 4 is 28.5 Å². The molecule has 1 aliphatic rings. The highest BCUT2D eigenvalue weighted by Gasteiger charge is 2.21. The number of piperidine rings is 1. The zero-order chi connectivity index (χ0) is 12.3. The number of nitrogens with zero attached hydrogens (tertiary/aromatic N) is 1. The highest BCUT2D eigenvalue weighted by molar-refractivity contribution is 7.80. The summed E-state index contributed by atoms with van der Waals surface area (Å²) in [6, 6.07) is 4.52. The van der Waals surface area contributed by atoms with Gasteiger partial charge < -0.3 is 5.73 Å². The lowest BCUT2D eigenvalue weighted by Gasteiger charge is -2.30. The maximum absolute atomic E-state index is 5.70. The fourth-order valence-electron chi connectivity index (χ4n) is 2.29. The van der Waals surface area contributed by atoms with E-state index >= 15 is 0 Å². The van der Waals surface area contributed by atoms with E-state index in [4.69, 9.17) is 18.0 Å². The Balaban J connectivity index is 1.83. The fourth-order valence-corrected chi connectivity index (χ4v) is 3.53. The molecule has 17 heavy (non-hydrogen) atoms. The summed E-state index contributed by atoms with van der Waals surface area (Å²) in [6.45, 7) is 5.56. The van der Waals surface area contributed by atoms with Gasteiger partial charge in [0, 0.05) is 22.2 Å². The van der Waals surface area contributed by atoms with Gasteiger partial charge in [0.05, 0.1) is 4.99 Å². The molecule has 0 unspecified atom stereocenters. The van der Waals surface area contributed by atoms with Crippen LogP contribution in [0.2, 0.25) is 0 Å². The third kappa shape index (κ3) is 3.50. The van der Waals surface area contributed by atoms with Crippen LogP contribution in [0.3, 0.4) is 0 Å². The van der Waals surface area contributed by atoms with Gasteiger partial charge in [-0.2, -0.15) is 0 Å². The van der Waals surface area contributed by atoms with E-state index in [2.05, 4.69) is 24.0 Å². The molecule has 0 atom stereocenters. The molecule has 1 aliphatic heterocycles. The van der Waals surface area contributed by atoms with Gasteiger partial charge in [-0.3, -0.25) is 4.90 Å². The molecule has 1 aromatic rings. The van der Waals surface area contributed by atoms with Crippen molar-refractivity contribution in [3.05, 3.63) is 21.9 Å². The predicted molar refractivity (Wildman–Crippen MR) is 78.5 cm³/mol. The SMILES string of the molecule is CCc1ccc(CN2CCC(C(N)=S)CC2)s1. The van der Waals surface area contributed by atoms with E-state index in [1.807, 2.05) is 11.3 Å². The average molecular weight is 268 g/mol. The molecule has 0 saturated carbocycles. The van der Waals surface area contributed by atoms with Crippen molar-refractivity contribution in [3.63, 3.8) is 0 Å². The van der Waals surface area contributed by atoms with E-state index in [1.54, 1.807) is 0 Å². The Bertz CT molecular complexity index is 379. The molecule has 0 amide bonds. The van der Waals surface area contributed by atoms with Gasteiger partial charge in [-0.15, -0.1) is 11.3 Å². The lowest BCUT2D eigenvalue weighted by Crippen LogP contribution is -2.37. The predicted octanol–water partition coefficient (Wildman–Crippen LogP) is 2.81. The van der Waals surface area contributed by atoms with Gasteiger partial charge in [0.2, 0.25) is 0 Å². The van der Waals surface area contributed by atoms with Crippen molar-refractivity contribution in [1.29, 1.82) is 0 Å². The summed E-state index contributed by atoms with van der Waals surface area (Å²) >= 11 is 7.01. The third-order valence-corrected chi connectivity index (χ3v) is 4.98. The van der Waals surface area contributed by atoms with E-state index < -0.39 is 0 Å². The first kappa shape index (κ1) is 13.0. The fraction of sp³-hybridized carbons (Fsp3) is 0.615. The number of hydrogen-bond donors (Lipinski definition) is 1. The largest absolute Gasteiger partial charge is 0.393 e. The van der Waals surface area contributed by atoms with Crippen LogP contribution in [-0.4, -0.2) is 23.0 Å². The lowest BCUT2D eigenvalue weighted by molar-refractivity contribution is 0.204. The van der Waals surface area contributed by atoms with Gasteiger partial charge in [-0.05, 0) is 44.5 Å². The minimum absolute atomic E-state index is 0.468. The molecule has 0 bridgehead atoms. The van der Waals surface area contributed by atoms with E-state index in [-0.39, 0.29) is 0 Å². The van der Waals surface area contributed by atoms with Gasteiger partial charge in [-0.25, -0.2) is 0 Å². The zero-order valence-corrected chi connectivity index (χ0v) is 11.9. The Morgan fingerprint density at radius 1 is 1.41 bits per heavy atom. The summed E-state index contributed by atoms with van der Waals surface area (Å²) in [7, 11) is 0. The molecular formula is C13H20N2S2. The number of rotatable bonds is 4. The molecule has 1 fully saturated rings. The van der Waals surface area contributed by atoms with Crippen molar-refractivity contribution in [2.24, 2.45) is 11.7 Å². The molecular weight excluding hydrogens is 248 g/mol. The van der Waals surface area contributed by atoms with Crippen LogP contribution in [-0.2, 0) is 13.0 Å². The van der Waals surface area contributed by atoms with Crippen LogP contribution in [0.1, 0.15) is 29.5 Å². The monoisotopic (exact) mass is 268 g/mol. The van der Waals surface area contributed by atoms with Gasteiger partial charge in [-0.1, -0.05) is 19.1 Å². The summed E-state index contributed by atoms with van der Waals surface area (Å²) in [6.07, 6.45) is 3.40. The number of thiophene rings is 1. The Morgan fingerprint density at radius 2 is 2.06 bits per heavy atom. The first-order valence-electron chi connectivity index (χ1n) is 6.28. The van der Waals surface area contributed by atoms with Crippen LogP contribution in [0.25, 0.3) is 0 Å². The normalized spacial score (nSPS) is 18.4. The van der Waals surface area contributed by atoms with Gasteiger partial charge in [0.15, 0.2) is 0 Å². The number of aryl methyl sites for hydroxylation is 1. The molecule has 2 nitrogen and oxygen atoms in total. The molecule has 2 rings (SSSR count). The van der Waals surface area contributed by atoms with Gasteiger partial charge >= 0.3 is 0 Å². The Hall–Kier alpha value is -0.450. The van der Waals surface area contributed by atoms with Gasteiger partial charge in [0.25, 0.3) is 0 Å². The molecule has 2 heterocycles. The van der Waals surface area contributed by atoms with Crippen molar-refractivity contribution in [2.75, 3.05) is 13.1 Å². The van der Waals surface area contributed by atoms with Crippen molar-refractivity contribution in [1.82, 2.24) is 4.90 Å². The van der Waals surface area contributed by atoms with Crippen LogP contribution < -0.4 is 5.73 Å². The van der Waals surface area contributed by atoms with Crippen LogP contribution in [0.4, 0.5) is 0 Å². The third-order valence-electron chi connectivity index (χ3n) is 3.44. The maximum Gasteiger partial charge on any atom is 0.0759 e. The number of hydrogen-bond acceptors (Lipinski definition) is 3. The molecule has 0 radical (unpaired) electrons. The van der Waals surface area contributed by atoms with E-state index in [0.717, 1.165) is 38.9 Å². The minimum Gasteiger partial charge on any atom is -0.393 e. The number of thiocarbonyl (C=S) groups is 1. The first-order valence-corrected chi connectivity index (χ1v) is 7.50. The summed E-state index contributed by atoms with van der Waals surface area (Å²) < 4.78 is 0. The summed E-state index contributed by atoms with van der Waals surface area (Å²) in [5.74, 6) is 0.468. The Kier molecular flexibility index (Phi) is 4.54. The van der Waals surface area contributed by atoms with Crippen LogP contribution >= 0.6 is 23.6 Å². The second-order valence-electron chi connectivity index (χ2n) is 4.67. The van der Waals surface area contributed by atoms with Crippen molar-refractivity contribution in [3.8, 4) is 0 Å². The molecule has 2 N–H and O–H groups in total. The smallest absolute Gasteiger partial charge is 0.0759 e. The molecule has 0 aromatic carbocycles. The maximum atomic E-state index is 5.70. The van der Waals surface area contributed by atoms with E-state index in [9.17, 15) is 0 Å². The highest BCUT2D eigenvalue weighted by atomic mass is 32.1. The zero-order valence-electron chi connectivity index (χ0n) is 10.3. The minimum atomic E-state index is 0.468. The van der Waals surface area contributed by atoms with E-state index in [1.165, 1.54) is 9.75 Å². The standard InChI is InChI=1S/C13H20N2S2/c1-2-11-3-4-12(17-11)9-15-7-5-10(6-8-15)13(14)16/h3-4,10H,2,5-9H2,1H3,(H2,14,16). The summed E-state index contributed by atoms with van der Waals surface area (Å²) in [5, 5.41) is 0. The lowest BCUT2D eigenvalue weighted by atomic mass is 9.97. The van der Waals surface area contributed by atoms with Crippen molar-refractivity contribution < 1.29 is 0 Å². The average Bonchev–Trinajstić information content (AvgIpc) is 2.77. The molecule has 0 spiro atoms. The number of nitrogens with two attached hydrogens (primary N) is 1. The molecule has 94 valence electrons.